The van der Waals surface area contributed by atoms with Gasteiger partial charge in [0.25, 0.3) is 5.56 Å². The van der Waals surface area contributed by atoms with E-state index in [-0.39, 0.29) is 18.0 Å². The average Bonchev–Trinajstić information content (AvgIpc) is 2.40. The van der Waals surface area contributed by atoms with Crippen LogP contribution in [0, 0.1) is 0 Å². The fraction of sp³-hybridized carbons (Fsp3) is 0.250. The first kappa shape index (κ1) is 13.7. The molecular weight excluding hydrogens is 312 g/mol. The number of benzene rings is 1. The van der Waals surface area contributed by atoms with Gasteiger partial charge in [0.2, 0.25) is 5.91 Å². The van der Waals surface area contributed by atoms with Gasteiger partial charge in [0.15, 0.2) is 0 Å². The highest BCUT2D eigenvalue weighted by atomic mass is 79.9. The third kappa shape index (κ3) is 3.18. The first-order valence-electron chi connectivity index (χ1n) is 5.73. The van der Waals surface area contributed by atoms with E-state index < -0.39 is 0 Å². The minimum atomic E-state index is -0.260. The van der Waals surface area contributed by atoms with Gasteiger partial charge in [0, 0.05) is 17.6 Å². The van der Waals surface area contributed by atoms with Gasteiger partial charge in [-0.05, 0) is 18.2 Å². The highest BCUT2D eigenvalue weighted by molar-refractivity contribution is 9.10. The predicted molar refractivity (Wildman–Crippen MR) is 75.8 cm³/mol. The molecule has 2 aromatic rings. The lowest BCUT2D eigenvalue weighted by atomic mass is 10.2. The second kappa shape index (κ2) is 5.94. The Morgan fingerprint density at radius 1 is 1.47 bits per heavy atom. The predicted octanol–water partition coefficient (Wildman–Crippen LogP) is 0.234. The normalized spacial score (nSPS) is 10.6. The minimum Gasteiger partial charge on any atom is -0.353 e. The molecule has 1 aromatic carbocycles. The van der Waals surface area contributed by atoms with E-state index in [0.29, 0.717) is 24.0 Å². The van der Waals surface area contributed by atoms with Crippen LogP contribution in [0.1, 0.15) is 0 Å². The summed E-state index contributed by atoms with van der Waals surface area (Å²) >= 11 is 3.31. The second-order valence-electron chi connectivity index (χ2n) is 3.98. The SMILES string of the molecule is NCCNC(=O)Cn1cnc2ccc(Br)cc2c1=O. The molecule has 0 fully saturated rings. The number of carbonyl (C=O) groups excluding carboxylic acids is 1. The zero-order valence-electron chi connectivity index (χ0n) is 10.1. The Balaban J connectivity index is 2.32. The molecule has 100 valence electrons. The van der Waals surface area contributed by atoms with Gasteiger partial charge < -0.3 is 11.1 Å². The molecule has 0 unspecified atom stereocenters. The van der Waals surface area contributed by atoms with Gasteiger partial charge in [-0.15, -0.1) is 0 Å². The van der Waals surface area contributed by atoms with E-state index in [1.54, 1.807) is 12.1 Å². The maximum absolute atomic E-state index is 12.2. The largest absolute Gasteiger partial charge is 0.353 e. The van der Waals surface area contributed by atoms with Crippen molar-refractivity contribution >= 4 is 32.7 Å². The third-order valence-electron chi connectivity index (χ3n) is 2.57. The highest BCUT2D eigenvalue weighted by Gasteiger charge is 2.07. The monoisotopic (exact) mass is 324 g/mol. The lowest BCUT2D eigenvalue weighted by Gasteiger charge is -2.07. The van der Waals surface area contributed by atoms with Gasteiger partial charge in [-0.25, -0.2) is 4.98 Å². The molecule has 0 spiro atoms. The van der Waals surface area contributed by atoms with Crippen LogP contribution in [0.2, 0.25) is 0 Å². The molecular formula is C12H13BrN4O2. The van der Waals surface area contributed by atoms with Crippen LogP contribution in [0.4, 0.5) is 0 Å². The van der Waals surface area contributed by atoms with Crippen molar-refractivity contribution < 1.29 is 4.79 Å². The van der Waals surface area contributed by atoms with Crippen molar-refractivity contribution in [3.05, 3.63) is 39.4 Å². The summed E-state index contributed by atoms with van der Waals surface area (Å²) in [6.45, 7) is 0.692. The molecule has 0 bridgehead atoms. The van der Waals surface area contributed by atoms with Crippen LogP contribution in [0.3, 0.4) is 0 Å². The van der Waals surface area contributed by atoms with Crippen LogP contribution < -0.4 is 16.6 Å². The number of nitrogens with one attached hydrogen (secondary N) is 1. The van der Waals surface area contributed by atoms with E-state index in [4.69, 9.17) is 5.73 Å². The molecule has 1 aromatic heterocycles. The van der Waals surface area contributed by atoms with Crippen LogP contribution in [-0.4, -0.2) is 28.5 Å². The van der Waals surface area contributed by atoms with E-state index in [1.807, 2.05) is 6.07 Å². The minimum absolute atomic E-state index is 0.0612. The van der Waals surface area contributed by atoms with Crippen molar-refractivity contribution in [1.82, 2.24) is 14.9 Å². The molecule has 0 saturated heterocycles. The summed E-state index contributed by atoms with van der Waals surface area (Å²) in [6.07, 6.45) is 1.38. The summed E-state index contributed by atoms with van der Waals surface area (Å²) in [4.78, 5) is 27.9. The van der Waals surface area contributed by atoms with Gasteiger partial charge in [0.1, 0.15) is 6.54 Å². The van der Waals surface area contributed by atoms with Crippen LogP contribution in [0.25, 0.3) is 10.9 Å². The van der Waals surface area contributed by atoms with Crippen molar-refractivity contribution in [3.63, 3.8) is 0 Å². The van der Waals surface area contributed by atoms with Crippen molar-refractivity contribution in [1.29, 1.82) is 0 Å². The maximum atomic E-state index is 12.2. The van der Waals surface area contributed by atoms with Crippen LogP contribution in [0.5, 0.6) is 0 Å². The maximum Gasteiger partial charge on any atom is 0.261 e. The summed E-state index contributed by atoms with van der Waals surface area (Å²) in [6, 6.07) is 5.26. The summed E-state index contributed by atoms with van der Waals surface area (Å²) in [5.41, 5.74) is 5.65. The quantitative estimate of drug-likeness (QED) is 0.842. The zero-order chi connectivity index (χ0) is 13.8. The van der Waals surface area contributed by atoms with Gasteiger partial charge in [-0.1, -0.05) is 15.9 Å². The molecule has 0 aliphatic heterocycles. The fourth-order valence-electron chi connectivity index (χ4n) is 1.67. The zero-order valence-corrected chi connectivity index (χ0v) is 11.7. The van der Waals surface area contributed by atoms with Crippen molar-refractivity contribution in [3.8, 4) is 0 Å². The number of nitrogens with two attached hydrogens (primary N) is 1. The number of hydrogen-bond donors (Lipinski definition) is 2. The molecule has 2 rings (SSSR count). The van der Waals surface area contributed by atoms with Crippen LogP contribution >= 0.6 is 15.9 Å². The third-order valence-corrected chi connectivity index (χ3v) is 3.06. The van der Waals surface area contributed by atoms with E-state index in [9.17, 15) is 9.59 Å². The molecule has 7 heteroatoms. The van der Waals surface area contributed by atoms with Crippen molar-refractivity contribution in [2.45, 2.75) is 6.54 Å². The molecule has 1 heterocycles. The number of aromatic nitrogens is 2. The Hall–Kier alpha value is -1.73. The Labute approximate surface area is 117 Å². The first-order chi connectivity index (χ1) is 9.11. The van der Waals surface area contributed by atoms with Crippen LogP contribution in [0.15, 0.2) is 33.8 Å². The van der Waals surface area contributed by atoms with Gasteiger partial charge >= 0.3 is 0 Å². The molecule has 6 nitrogen and oxygen atoms in total. The molecule has 19 heavy (non-hydrogen) atoms. The van der Waals surface area contributed by atoms with Crippen LogP contribution in [-0.2, 0) is 11.3 Å². The molecule has 1 amide bonds. The Morgan fingerprint density at radius 2 is 2.26 bits per heavy atom. The average molecular weight is 325 g/mol. The number of rotatable bonds is 4. The topological polar surface area (TPSA) is 90.0 Å². The van der Waals surface area contributed by atoms with Crippen molar-refractivity contribution in [2.24, 2.45) is 5.73 Å². The number of hydrogen-bond acceptors (Lipinski definition) is 4. The Bertz CT molecular complexity index is 668. The van der Waals surface area contributed by atoms with E-state index in [0.717, 1.165) is 4.47 Å². The first-order valence-corrected chi connectivity index (χ1v) is 6.52. The molecule has 0 radical (unpaired) electrons. The number of amides is 1. The lowest BCUT2D eigenvalue weighted by Crippen LogP contribution is -2.35. The number of fused-ring (bicyclic) bond motifs is 1. The molecule has 0 saturated carbocycles. The standard InChI is InChI=1S/C12H13BrN4O2/c13-8-1-2-10-9(5-8)12(19)17(7-16-10)6-11(18)15-4-3-14/h1-2,5,7H,3-4,6,14H2,(H,15,18). The summed E-state index contributed by atoms with van der Waals surface area (Å²) in [7, 11) is 0. The van der Waals surface area contributed by atoms with E-state index in [2.05, 4.69) is 26.2 Å². The second-order valence-corrected chi connectivity index (χ2v) is 4.89. The van der Waals surface area contributed by atoms with Gasteiger partial charge in [-0.3, -0.25) is 14.2 Å². The van der Waals surface area contributed by atoms with E-state index >= 15 is 0 Å². The summed E-state index contributed by atoms with van der Waals surface area (Å²) < 4.78 is 2.07. The number of halogens is 1. The van der Waals surface area contributed by atoms with Gasteiger partial charge in [-0.2, -0.15) is 0 Å². The summed E-state index contributed by atoms with van der Waals surface area (Å²) in [5, 5.41) is 3.08. The smallest absolute Gasteiger partial charge is 0.261 e. The Morgan fingerprint density at radius 3 is 3.00 bits per heavy atom. The highest BCUT2D eigenvalue weighted by Crippen LogP contribution is 2.14. The molecule has 0 atom stereocenters. The fourth-order valence-corrected chi connectivity index (χ4v) is 2.03. The van der Waals surface area contributed by atoms with Crippen molar-refractivity contribution in [2.75, 3.05) is 13.1 Å². The molecule has 0 aliphatic rings. The molecule has 0 aliphatic carbocycles. The van der Waals surface area contributed by atoms with Gasteiger partial charge in [0.05, 0.1) is 17.2 Å². The summed E-state index contributed by atoms with van der Waals surface area (Å²) in [5.74, 6) is -0.260. The van der Waals surface area contributed by atoms with E-state index in [1.165, 1.54) is 10.9 Å². The molecule has 3 N–H and O–H groups in total. The number of nitrogens with zero attached hydrogens (tertiary/aromatic N) is 2. The number of carbonyl (C=O) groups is 1. The lowest BCUT2D eigenvalue weighted by molar-refractivity contribution is -0.121. The Kier molecular flexibility index (Phi) is 4.28.